The van der Waals surface area contributed by atoms with Crippen molar-refractivity contribution in [3.63, 3.8) is 0 Å². The van der Waals surface area contributed by atoms with Gasteiger partial charge in [-0.1, -0.05) is 42.5 Å². The summed E-state index contributed by atoms with van der Waals surface area (Å²) >= 11 is 0. The SMILES string of the molecule is Cc1cccc(NC(=O)Nc2cccc(CNC(=O)/C=C/c3cnn(-c4ccccc4)c3)c2)c1. The van der Waals surface area contributed by atoms with Gasteiger partial charge in [-0.25, -0.2) is 9.48 Å². The molecule has 0 fully saturated rings. The van der Waals surface area contributed by atoms with Gasteiger partial charge in [0.1, 0.15) is 0 Å². The van der Waals surface area contributed by atoms with Crippen molar-refractivity contribution in [3.8, 4) is 5.69 Å². The Bertz CT molecular complexity index is 1310. The molecule has 7 nitrogen and oxygen atoms in total. The van der Waals surface area contributed by atoms with Crippen molar-refractivity contribution in [2.75, 3.05) is 10.6 Å². The van der Waals surface area contributed by atoms with Crippen LogP contribution in [0.15, 0.2) is 97.3 Å². The monoisotopic (exact) mass is 451 g/mol. The zero-order chi connectivity index (χ0) is 23.8. The molecule has 0 radical (unpaired) electrons. The Hall–Kier alpha value is -4.65. The number of nitrogens with one attached hydrogen (secondary N) is 3. The molecular formula is C27H25N5O2. The summed E-state index contributed by atoms with van der Waals surface area (Å²) in [5, 5.41) is 12.8. The van der Waals surface area contributed by atoms with Crippen LogP contribution in [0.5, 0.6) is 0 Å². The zero-order valence-electron chi connectivity index (χ0n) is 18.7. The van der Waals surface area contributed by atoms with Crippen LogP contribution in [0.1, 0.15) is 16.7 Å². The van der Waals surface area contributed by atoms with E-state index in [1.165, 1.54) is 6.08 Å². The average Bonchev–Trinajstić information content (AvgIpc) is 3.31. The van der Waals surface area contributed by atoms with E-state index in [1.807, 2.05) is 85.9 Å². The molecule has 0 saturated carbocycles. The number of carbonyl (C=O) groups excluding carboxylic acids is 2. The van der Waals surface area contributed by atoms with Gasteiger partial charge in [-0.2, -0.15) is 5.10 Å². The summed E-state index contributed by atoms with van der Waals surface area (Å²) < 4.78 is 1.76. The molecule has 0 aliphatic rings. The maximum atomic E-state index is 12.3. The third-order valence-electron chi connectivity index (χ3n) is 4.98. The topological polar surface area (TPSA) is 88.1 Å². The first-order valence-corrected chi connectivity index (χ1v) is 10.8. The van der Waals surface area contributed by atoms with Crippen molar-refractivity contribution in [2.45, 2.75) is 13.5 Å². The molecule has 4 rings (SSSR count). The fourth-order valence-corrected chi connectivity index (χ4v) is 3.34. The molecule has 1 aromatic heterocycles. The van der Waals surface area contributed by atoms with Crippen molar-refractivity contribution in [1.29, 1.82) is 0 Å². The number of para-hydroxylation sites is 1. The number of anilines is 2. The normalized spacial score (nSPS) is 10.7. The number of urea groups is 1. The number of hydrogen-bond donors (Lipinski definition) is 3. The Morgan fingerprint density at radius 2 is 1.65 bits per heavy atom. The summed E-state index contributed by atoms with van der Waals surface area (Å²) in [6, 6.07) is 24.4. The smallest absolute Gasteiger partial charge is 0.323 e. The minimum atomic E-state index is -0.328. The Kier molecular flexibility index (Phi) is 7.15. The van der Waals surface area contributed by atoms with E-state index in [1.54, 1.807) is 23.0 Å². The van der Waals surface area contributed by atoms with Crippen LogP contribution in [0.25, 0.3) is 11.8 Å². The van der Waals surface area contributed by atoms with E-state index in [-0.39, 0.29) is 11.9 Å². The van der Waals surface area contributed by atoms with Crippen LogP contribution in [0.3, 0.4) is 0 Å². The first-order valence-electron chi connectivity index (χ1n) is 10.8. The van der Waals surface area contributed by atoms with Crippen LogP contribution in [0, 0.1) is 6.92 Å². The van der Waals surface area contributed by atoms with Gasteiger partial charge in [-0.05, 0) is 60.5 Å². The van der Waals surface area contributed by atoms with E-state index in [0.717, 1.165) is 28.1 Å². The van der Waals surface area contributed by atoms with Crippen LogP contribution >= 0.6 is 0 Å². The van der Waals surface area contributed by atoms with Gasteiger partial charge in [0.15, 0.2) is 0 Å². The summed E-state index contributed by atoms with van der Waals surface area (Å²) in [5.74, 6) is -0.219. The molecule has 0 aliphatic heterocycles. The quantitative estimate of drug-likeness (QED) is 0.339. The third-order valence-corrected chi connectivity index (χ3v) is 4.98. The molecule has 7 heteroatoms. The zero-order valence-corrected chi connectivity index (χ0v) is 18.7. The predicted molar refractivity (Wildman–Crippen MR) is 135 cm³/mol. The maximum Gasteiger partial charge on any atom is 0.323 e. The molecule has 3 aromatic carbocycles. The highest BCUT2D eigenvalue weighted by Gasteiger charge is 2.05. The van der Waals surface area contributed by atoms with Gasteiger partial charge in [0.25, 0.3) is 0 Å². The van der Waals surface area contributed by atoms with Crippen LogP contribution in [0.2, 0.25) is 0 Å². The molecule has 1 heterocycles. The first kappa shape index (κ1) is 22.5. The Morgan fingerprint density at radius 3 is 2.41 bits per heavy atom. The molecule has 4 aromatic rings. The van der Waals surface area contributed by atoms with E-state index in [2.05, 4.69) is 21.0 Å². The van der Waals surface area contributed by atoms with Crippen LogP contribution in [-0.4, -0.2) is 21.7 Å². The number of hydrogen-bond acceptors (Lipinski definition) is 3. The summed E-state index contributed by atoms with van der Waals surface area (Å²) in [6.07, 6.45) is 6.75. The second-order valence-electron chi connectivity index (χ2n) is 7.75. The Balaban J connectivity index is 1.28. The standard InChI is InChI=1S/C27H25N5O2/c1-20-7-5-9-23(15-20)30-27(34)31-24-10-6-8-21(16-24)17-28-26(33)14-13-22-18-29-32(19-22)25-11-3-2-4-12-25/h2-16,18-19H,17H2,1H3,(H,28,33)(H2,30,31,34)/b14-13+. The van der Waals surface area contributed by atoms with E-state index < -0.39 is 0 Å². The number of carbonyl (C=O) groups is 2. The van der Waals surface area contributed by atoms with Crippen molar-refractivity contribution in [2.24, 2.45) is 0 Å². The second kappa shape index (κ2) is 10.8. The van der Waals surface area contributed by atoms with Crippen LogP contribution in [-0.2, 0) is 11.3 Å². The van der Waals surface area contributed by atoms with Gasteiger partial charge in [0.05, 0.1) is 11.9 Å². The predicted octanol–water partition coefficient (Wildman–Crippen LogP) is 5.15. The lowest BCUT2D eigenvalue weighted by molar-refractivity contribution is -0.116. The number of aryl methyl sites for hydroxylation is 1. The van der Waals surface area contributed by atoms with Gasteiger partial charge in [-0.15, -0.1) is 0 Å². The molecule has 34 heavy (non-hydrogen) atoms. The van der Waals surface area contributed by atoms with Crippen molar-refractivity contribution in [3.05, 3.63) is 114 Å². The highest BCUT2D eigenvalue weighted by Crippen LogP contribution is 2.13. The molecule has 0 aliphatic carbocycles. The van der Waals surface area contributed by atoms with Gasteiger partial charge in [0, 0.05) is 35.8 Å². The molecule has 0 spiro atoms. The second-order valence-corrected chi connectivity index (χ2v) is 7.75. The van der Waals surface area contributed by atoms with Gasteiger partial charge >= 0.3 is 6.03 Å². The third kappa shape index (κ3) is 6.43. The molecule has 0 saturated heterocycles. The molecule has 0 bridgehead atoms. The highest BCUT2D eigenvalue weighted by atomic mass is 16.2. The number of amides is 3. The van der Waals surface area contributed by atoms with Gasteiger partial charge in [-0.3, -0.25) is 4.79 Å². The molecule has 0 unspecified atom stereocenters. The highest BCUT2D eigenvalue weighted by molar-refractivity contribution is 5.99. The summed E-state index contributed by atoms with van der Waals surface area (Å²) in [4.78, 5) is 24.5. The van der Waals surface area contributed by atoms with Crippen LogP contribution in [0.4, 0.5) is 16.2 Å². The fraction of sp³-hybridized carbons (Fsp3) is 0.0741. The molecular weight excluding hydrogens is 426 g/mol. The lowest BCUT2D eigenvalue weighted by Gasteiger charge is -2.10. The Labute approximate surface area is 198 Å². The summed E-state index contributed by atoms with van der Waals surface area (Å²) in [5.41, 5.74) is 5.07. The van der Waals surface area contributed by atoms with E-state index in [4.69, 9.17) is 0 Å². The fourth-order valence-electron chi connectivity index (χ4n) is 3.34. The van der Waals surface area contributed by atoms with Gasteiger partial charge in [0.2, 0.25) is 5.91 Å². The number of nitrogens with zero attached hydrogens (tertiary/aromatic N) is 2. The maximum absolute atomic E-state index is 12.3. The summed E-state index contributed by atoms with van der Waals surface area (Å²) in [7, 11) is 0. The average molecular weight is 452 g/mol. The van der Waals surface area contributed by atoms with Gasteiger partial charge < -0.3 is 16.0 Å². The molecule has 3 N–H and O–H groups in total. The minimum absolute atomic E-state index is 0.219. The van der Waals surface area contributed by atoms with Crippen molar-refractivity contribution >= 4 is 29.4 Å². The van der Waals surface area contributed by atoms with Crippen molar-refractivity contribution < 1.29 is 9.59 Å². The van der Waals surface area contributed by atoms with Crippen LogP contribution < -0.4 is 16.0 Å². The molecule has 3 amide bonds. The van der Waals surface area contributed by atoms with E-state index in [9.17, 15) is 9.59 Å². The number of rotatable bonds is 7. The van der Waals surface area contributed by atoms with Crippen molar-refractivity contribution in [1.82, 2.24) is 15.1 Å². The molecule has 0 atom stereocenters. The largest absolute Gasteiger partial charge is 0.348 e. The van der Waals surface area contributed by atoms with E-state index in [0.29, 0.717) is 12.2 Å². The summed E-state index contributed by atoms with van der Waals surface area (Å²) in [6.45, 7) is 2.30. The number of aromatic nitrogens is 2. The first-order chi connectivity index (χ1) is 16.5. The van der Waals surface area contributed by atoms with E-state index >= 15 is 0 Å². The Morgan fingerprint density at radius 1 is 0.912 bits per heavy atom. The lowest BCUT2D eigenvalue weighted by Crippen LogP contribution is -2.21. The minimum Gasteiger partial charge on any atom is -0.348 e. The lowest BCUT2D eigenvalue weighted by atomic mass is 10.2. The number of benzene rings is 3. The molecule has 170 valence electrons.